The molecule has 1 N–H and O–H groups in total. The zero-order chi connectivity index (χ0) is 13.2. The average Bonchev–Trinajstić information content (AvgIpc) is 2.69. The summed E-state index contributed by atoms with van der Waals surface area (Å²) in [5.74, 6) is 0.196. The Bertz CT molecular complexity index is 434. The molecule has 0 aliphatic carbocycles. The minimum Gasteiger partial charge on any atom is -0.325 e. The van der Waals surface area contributed by atoms with E-state index in [0.717, 1.165) is 31.6 Å². The van der Waals surface area contributed by atoms with Crippen molar-refractivity contribution in [3.63, 3.8) is 0 Å². The number of anilines is 1. The van der Waals surface area contributed by atoms with Gasteiger partial charge in [-0.05, 0) is 44.6 Å². The van der Waals surface area contributed by atoms with Gasteiger partial charge in [0.15, 0.2) is 0 Å². The Kier molecular flexibility index (Phi) is 3.71. The standard InChI is InChI=1S/C13H16N2O.C2H6/c1-15-8-6-13(7-9-15)10-4-2-3-5-11(10)14-12(13)16;1-2/h2-5H,6-9H2,1H3,(H,14,16);1-2H3. The molecule has 1 aromatic rings. The first-order chi connectivity index (χ1) is 8.72. The van der Waals surface area contributed by atoms with Gasteiger partial charge >= 0.3 is 0 Å². The summed E-state index contributed by atoms with van der Waals surface area (Å²) in [6.07, 6.45) is 1.87. The molecule has 1 spiro atoms. The normalized spacial score (nSPS) is 20.9. The van der Waals surface area contributed by atoms with Gasteiger partial charge in [0.05, 0.1) is 5.41 Å². The molecule has 3 rings (SSSR count). The quantitative estimate of drug-likeness (QED) is 0.763. The van der Waals surface area contributed by atoms with Crippen molar-refractivity contribution in [2.75, 3.05) is 25.5 Å². The largest absolute Gasteiger partial charge is 0.325 e. The summed E-state index contributed by atoms with van der Waals surface area (Å²) in [7, 11) is 2.12. The predicted octanol–water partition coefficient (Wildman–Crippen LogP) is 2.63. The van der Waals surface area contributed by atoms with E-state index in [1.807, 2.05) is 32.0 Å². The number of para-hydroxylation sites is 1. The lowest BCUT2D eigenvalue weighted by Crippen LogP contribution is -2.45. The smallest absolute Gasteiger partial charge is 0.235 e. The molecule has 0 unspecified atom stereocenters. The molecule has 2 heterocycles. The molecule has 1 saturated heterocycles. The fourth-order valence-electron chi connectivity index (χ4n) is 2.87. The number of piperidine rings is 1. The third-order valence-electron chi connectivity index (χ3n) is 3.97. The Morgan fingerprint density at radius 1 is 1.17 bits per heavy atom. The molecule has 18 heavy (non-hydrogen) atoms. The van der Waals surface area contributed by atoms with Crippen LogP contribution in [0.1, 0.15) is 32.3 Å². The number of fused-ring (bicyclic) bond motifs is 2. The molecule has 1 amide bonds. The maximum Gasteiger partial charge on any atom is 0.235 e. The number of amides is 1. The summed E-state index contributed by atoms with van der Waals surface area (Å²) < 4.78 is 0. The summed E-state index contributed by atoms with van der Waals surface area (Å²) in [4.78, 5) is 14.5. The van der Waals surface area contributed by atoms with Gasteiger partial charge in [-0.3, -0.25) is 4.79 Å². The monoisotopic (exact) mass is 246 g/mol. The van der Waals surface area contributed by atoms with E-state index in [-0.39, 0.29) is 11.3 Å². The van der Waals surface area contributed by atoms with Gasteiger partial charge in [-0.15, -0.1) is 0 Å². The number of carbonyl (C=O) groups is 1. The van der Waals surface area contributed by atoms with Crippen LogP contribution in [-0.4, -0.2) is 30.9 Å². The van der Waals surface area contributed by atoms with Crippen molar-refractivity contribution < 1.29 is 4.79 Å². The van der Waals surface area contributed by atoms with Crippen LogP contribution >= 0.6 is 0 Å². The van der Waals surface area contributed by atoms with E-state index >= 15 is 0 Å². The van der Waals surface area contributed by atoms with E-state index in [9.17, 15) is 4.79 Å². The number of rotatable bonds is 0. The van der Waals surface area contributed by atoms with E-state index in [1.165, 1.54) is 5.56 Å². The molecular weight excluding hydrogens is 224 g/mol. The summed E-state index contributed by atoms with van der Waals surface area (Å²) in [5.41, 5.74) is 1.97. The number of nitrogens with zero attached hydrogens (tertiary/aromatic N) is 1. The van der Waals surface area contributed by atoms with Crippen LogP contribution in [-0.2, 0) is 10.2 Å². The topological polar surface area (TPSA) is 32.3 Å². The van der Waals surface area contributed by atoms with Crippen molar-refractivity contribution in [1.82, 2.24) is 4.90 Å². The molecule has 3 heteroatoms. The third kappa shape index (κ3) is 1.93. The molecule has 0 aromatic heterocycles. The fraction of sp³-hybridized carbons (Fsp3) is 0.533. The number of likely N-dealkylation sites (tertiary alicyclic amines) is 1. The van der Waals surface area contributed by atoms with E-state index in [2.05, 4.69) is 23.3 Å². The van der Waals surface area contributed by atoms with E-state index in [0.29, 0.717) is 0 Å². The number of hydrogen-bond acceptors (Lipinski definition) is 2. The zero-order valence-electron chi connectivity index (χ0n) is 11.5. The van der Waals surface area contributed by atoms with Gasteiger partial charge in [0, 0.05) is 5.69 Å². The van der Waals surface area contributed by atoms with Gasteiger partial charge in [-0.2, -0.15) is 0 Å². The first-order valence-corrected chi connectivity index (χ1v) is 6.82. The molecule has 0 bridgehead atoms. The summed E-state index contributed by atoms with van der Waals surface area (Å²) in [6.45, 7) is 6.00. The lowest BCUT2D eigenvalue weighted by molar-refractivity contribution is -0.122. The van der Waals surface area contributed by atoms with Crippen LogP contribution in [0.4, 0.5) is 5.69 Å². The number of benzene rings is 1. The second kappa shape index (κ2) is 5.11. The minimum atomic E-state index is -0.247. The Morgan fingerprint density at radius 2 is 1.78 bits per heavy atom. The van der Waals surface area contributed by atoms with Gasteiger partial charge in [-0.1, -0.05) is 32.0 Å². The molecule has 1 aromatic carbocycles. The zero-order valence-corrected chi connectivity index (χ0v) is 11.5. The van der Waals surface area contributed by atoms with Crippen LogP contribution in [0.5, 0.6) is 0 Å². The Hall–Kier alpha value is -1.35. The van der Waals surface area contributed by atoms with Crippen molar-refractivity contribution in [3.8, 4) is 0 Å². The summed E-state index contributed by atoms with van der Waals surface area (Å²) >= 11 is 0. The summed E-state index contributed by atoms with van der Waals surface area (Å²) in [5, 5.41) is 3.02. The molecule has 0 saturated carbocycles. The Balaban J connectivity index is 0.000000574. The van der Waals surface area contributed by atoms with Crippen LogP contribution in [0.3, 0.4) is 0 Å². The van der Waals surface area contributed by atoms with Crippen LogP contribution in [0.25, 0.3) is 0 Å². The highest BCUT2D eigenvalue weighted by Crippen LogP contribution is 2.44. The predicted molar refractivity (Wildman–Crippen MR) is 74.8 cm³/mol. The average molecular weight is 246 g/mol. The van der Waals surface area contributed by atoms with Crippen molar-refractivity contribution >= 4 is 11.6 Å². The van der Waals surface area contributed by atoms with Crippen molar-refractivity contribution in [1.29, 1.82) is 0 Å². The first kappa shape index (κ1) is 13.1. The highest BCUT2D eigenvalue weighted by Gasteiger charge is 2.47. The van der Waals surface area contributed by atoms with Crippen molar-refractivity contribution in [2.45, 2.75) is 32.1 Å². The molecule has 2 aliphatic heterocycles. The molecule has 2 aliphatic rings. The molecule has 1 fully saturated rings. The maximum absolute atomic E-state index is 12.2. The SMILES string of the molecule is CC.CN1CCC2(CC1)C(=O)Nc1ccccc12. The number of hydrogen-bond donors (Lipinski definition) is 1. The van der Waals surface area contributed by atoms with Gasteiger partial charge in [0.1, 0.15) is 0 Å². The van der Waals surface area contributed by atoms with E-state index in [4.69, 9.17) is 0 Å². The first-order valence-electron chi connectivity index (χ1n) is 6.82. The van der Waals surface area contributed by atoms with E-state index < -0.39 is 0 Å². The molecular formula is C15H22N2O. The van der Waals surface area contributed by atoms with Crippen LogP contribution in [0, 0.1) is 0 Å². The van der Waals surface area contributed by atoms with Crippen LogP contribution < -0.4 is 5.32 Å². The van der Waals surface area contributed by atoms with Gasteiger partial charge in [0.2, 0.25) is 5.91 Å². The second-order valence-corrected chi connectivity index (χ2v) is 4.89. The third-order valence-corrected chi connectivity index (χ3v) is 3.97. The summed E-state index contributed by atoms with van der Waals surface area (Å²) in [6, 6.07) is 8.10. The van der Waals surface area contributed by atoms with Crippen LogP contribution in [0.2, 0.25) is 0 Å². The van der Waals surface area contributed by atoms with Gasteiger partial charge in [-0.25, -0.2) is 0 Å². The number of carbonyl (C=O) groups excluding carboxylic acids is 1. The number of nitrogens with one attached hydrogen (secondary N) is 1. The fourth-order valence-corrected chi connectivity index (χ4v) is 2.87. The van der Waals surface area contributed by atoms with Gasteiger partial charge < -0.3 is 10.2 Å². The molecule has 3 nitrogen and oxygen atoms in total. The van der Waals surface area contributed by atoms with Crippen molar-refractivity contribution in [3.05, 3.63) is 29.8 Å². The van der Waals surface area contributed by atoms with E-state index in [1.54, 1.807) is 0 Å². The molecule has 0 radical (unpaired) electrons. The molecule has 98 valence electrons. The van der Waals surface area contributed by atoms with Crippen LogP contribution in [0.15, 0.2) is 24.3 Å². The molecule has 0 atom stereocenters. The lowest BCUT2D eigenvalue weighted by Gasteiger charge is -2.36. The Labute approximate surface area is 109 Å². The lowest BCUT2D eigenvalue weighted by atomic mass is 9.74. The van der Waals surface area contributed by atoms with Crippen molar-refractivity contribution in [2.24, 2.45) is 0 Å². The van der Waals surface area contributed by atoms with Gasteiger partial charge in [0.25, 0.3) is 0 Å². The minimum absolute atomic E-state index is 0.196. The Morgan fingerprint density at radius 3 is 2.44 bits per heavy atom. The second-order valence-electron chi connectivity index (χ2n) is 4.89. The highest BCUT2D eigenvalue weighted by atomic mass is 16.2. The highest BCUT2D eigenvalue weighted by molar-refractivity contribution is 6.06. The maximum atomic E-state index is 12.2.